The van der Waals surface area contributed by atoms with Crippen LogP contribution in [0.2, 0.25) is 0 Å². The molecule has 18 heavy (non-hydrogen) atoms. The number of aromatic amines is 1. The number of aromatic nitrogens is 2. The number of urea groups is 1. The summed E-state index contributed by atoms with van der Waals surface area (Å²) < 4.78 is 5.15. The molecule has 0 radical (unpaired) electrons. The van der Waals surface area contributed by atoms with Crippen LogP contribution in [0.15, 0.2) is 11.4 Å². The maximum Gasteiger partial charge on any atom is 0.323 e. The molecule has 98 valence electrons. The Morgan fingerprint density at radius 1 is 1.61 bits per heavy atom. The van der Waals surface area contributed by atoms with Gasteiger partial charge in [0, 0.05) is 13.1 Å². The van der Waals surface area contributed by atoms with Crippen LogP contribution in [0.25, 0.3) is 0 Å². The summed E-state index contributed by atoms with van der Waals surface area (Å²) in [5, 5.41) is 20.4. The molecule has 0 aromatic carbocycles. The predicted octanol–water partition coefficient (Wildman–Crippen LogP) is -0.632. The molecule has 1 aliphatic rings. The molecule has 1 saturated heterocycles. The van der Waals surface area contributed by atoms with E-state index < -0.39 is 0 Å². The number of hydrogen-bond donors (Lipinski definition) is 4. The van der Waals surface area contributed by atoms with Gasteiger partial charge in [-0.25, -0.2) is 4.79 Å². The third-order valence-electron chi connectivity index (χ3n) is 2.55. The molecule has 0 saturated carbocycles. The molecule has 2 rings (SSSR count). The number of carbonyl (C=O) groups is 1. The number of H-pyrrole nitrogens is 1. The quantitative estimate of drug-likeness (QED) is 0.242. The van der Waals surface area contributed by atoms with Gasteiger partial charge in [-0.15, -0.1) is 0 Å². The van der Waals surface area contributed by atoms with Crippen molar-refractivity contribution in [3.8, 4) is 0 Å². The summed E-state index contributed by atoms with van der Waals surface area (Å²) in [6.07, 6.45) is 1.37. The van der Waals surface area contributed by atoms with E-state index in [0.29, 0.717) is 37.7 Å². The number of nitrogens with zero attached hydrogens (tertiary/aromatic N) is 3. The van der Waals surface area contributed by atoms with Gasteiger partial charge >= 0.3 is 6.03 Å². The Morgan fingerprint density at radius 2 is 2.33 bits per heavy atom. The van der Waals surface area contributed by atoms with Crippen LogP contribution in [0.1, 0.15) is 5.56 Å². The van der Waals surface area contributed by atoms with Crippen molar-refractivity contribution < 1.29 is 14.7 Å². The van der Waals surface area contributed by atoms with Gasteiger partial charge in [0.2, 0.25) is 0 Å². The normalized spacial score (nSPS) is 16.7. The Morgan fingerprint density at radius 3 is 3.00 bits per heavy atom. The minimum atomic E-state index is -0.283. The Hall–Kier alpha value is -2.29. The number of rotatable bonds is 2. The summed E-state index contributed by atoms with van der Waals surface area (Å²) >= 11 is 0. The molecule has 1 aliphatic heterocycles. The molecule has 1 aromatic heterocycles. The fourth-order valence-corrected chi connectivity index (χ4v) is 1.58. The van der Waals surface area contributed by atoms with Gasteiger partial charge in [0.05, 0.1) is 25.0 Å². The van der Waals surface area contributed by atoms with Gasteiger partial charge < -0.3 is 20.6 Å². The fraction of sp³-hybridized carbons (Fsp3) is 0.444. The lowest BCUT2D eigenvalue weighted by Gasteiger charge is -2.26. The van der Waals surface area contributed by atoms with Crippen molar-refractivity contribution >= 4 is 17.7 Å². The van der Waals surface area contributed by atoms with Crippen molar-refractivity contribution in [2.75, 3.05) is 31.6 Å². The standard InChI is InChI=1S/C9H14N6O3/c10-7(14-17)6-5-11-13-8(6)12-9(16)15-1-3-18-4-2-15/h5,17H,1-4H2,(H2,10,14)(H2,11,12,13,16). The second-order valence-electron chi connectivity index (χ2n) is 3.67. The molecular formula is C9H14N6O3. The molecule has 2 heterocycles. The first-order valence-electron chi connectivity index (χ1n) is 5.37. The molecule has 1 fully saturated rings. The highest BCUT2D eigenvalue weighted by Gasteiger charge is 2.19. The number of anilines is 1. The van der Waals surface area contributed by atoms with Gasteiger partial charge in [0.1, 0.15) is 5.82 Å². The second-order valence-corrected chi connectivity index (χ2v) is 3.67. The third-order valence-corrected chi connectivity index (χ3v) is 2.55. The minimum Gasteiger partial charge on any atom is -0.409 e. The number of ether oxygens (including phenoxy) is 1. The molecule has 5 N–H and O–H groups in total. The first-order chi connectivity index (χ1) is 8.72. The van der Waals surface area contributed by atoms with Crippen molar-refractivity contribution in [3.05, 3.63) is 11.8 Å². The van der Waals surface area contributed by atoms with E-state index in [4.69, 9.17) is 15.7 Å². The number of nitrogens with two attached hydrogens (primary N) is 1. The first-order valence-corrected chi connectivity index (χ1v) is 5.37. The van der Waals surface area contributed by atoms with Crippen molar-refractivity contribution in [2.24, 2.45) is 10.9 Å². The SMILES string of the molecule is NC(=NO)c1cn[nH]c1NC(=O)N1CCOCC1. The Labute approximate surface area is 103 Å². The number of hydrogen-bond acceptors (Lipinski definition) is 5. The summed E-state index contributed by atoms with van der Waals surface area (Å²) in [6, 6.07) is -0.283. The molecule has 0 bridgehead atoms. The highest BCUT2D eigenvalue weighted by atomic mass is 16.5. The van der Waals surface area contributed by atoms with E-state index in [1.807, 2.05) is 0 Å². The molecule has 0 spiro atoms. The molecule has 9 nitrogen and oxygen atoms in total. The lowest BCUT2D eigenvalue weighted by Crippen LogP contribution is -2.43. The highest BCUT2D eigenvalue weighted by molar-refractivity contribution is 6.04. The zero-order valence-corrected chi connectivity index (χ0v) is 9.59. The molecule has 9 heteroatoms. The summed E-state index contributed by atoms with van der Waals surface area (Å²) in [7, 11) is 0. The van der Waals surface area contributed by atoms with Crippen LogP contribution in [0.4, 0.5) is 10.6 Å². The van der Waals surface area contributed by atoms with Gasteiger partial charge in [-0.1, -0.05) is 5.16 Å². The molecule has 0 aliphatic carbocycles. The van der Waals surface area contributed by atoms with Crippen molar-refractivity contribution in [1.29, 1.82) is 0 Å². The number of amides is 2. The summed E-state index contributed by atoms with van der Waals surface area (Å²) in [5.74, 6) is 0.169. The predicted molar refractivity (Wildman–Crippen MR) is 62.5 cm³/mol. The Bertz CT molecular complexity index is 451. The Kier molecular flexibility index (Phi) is 3.63. The Balaban J connectivity index is 2.05. The van der Waals surface area contributed by atoms with Crippen LogP contribution in [-0.2, 0) is 4.74 Å². The van der Waals surface area contributed by atoms with Crippen molar-refractivity contribution in [3.63, 3.8) is 0 Å². The molecule has 2 amide bonds. The van der Waals surface area contributed by atoms with E-state index in [1.165, 1.54) is 6.20 Å². The van der Waals surface area contributed by atoms with E-state index in [2.05, 4.69) is 20.7 Å². The van der Waals surface area contributed by atoms with Crippen LogP contribution in [-0.4, -0.2) is 58.5 Å². The van der Waals surface area contributed by atoms with Crippen LogP contribution < -0.4 is 11.1 Å². The summed E-state index contributed by atoms with van der Waals surface area (Å²) in [5.41, 5.74) is 5.78. The van der Waals surface area contributed by atoms with Gasteiger partial charge in [-0.2, -0.15) is 5.10 Å². The molecule has 1 aromatic rings. The van der Waals surface area contributed by atoms with E-state index in [9.17, 15) is 4.79 Å². The molecule has 0 unspecified atom stereocenters. The maximum absolute atomic E-state index is 11.9. The van der Waals surface area contributed by atoms with Crippen LogP contribution >= 0.6 is 0 Å². The van der Waals surface area contributed by atoms with E-state index in [1.54, 1.807) is 4.90 Å². The van der Waals surface area contributed by atoms with Gasteiger partial charge in [-0.3, -0.25) is 10.4 Å². The lowest BCUT2D eigenvalue weighted by molar-refractivity contribution is 0.0564. The largest absolute Gasteiger partial charge is 0.409 e. The summed E-state index contributed by atoms with van der Waals surface area (Å²) in [4.78, 5) is 13.5. The van der Waals surface area contributed by atoms with E-state index in [0.717, 1.165) is 0 Å². The average molecular weight is 254 g/mol. The topological polar surface area (TPSA) is 129 Å². The smallest absolute Gasteiger partial charge is 0.323 e. The van der Waals surface area contributed by atoms with E-state index >= 15 is 0 Å². The molecular weight excluding hydrogens is 240 g/mol. The lowest BCUT2D eigenvalue weighted by atomic mass is 10.3. The number of nitrogens with one attached hydrogen (secondary N) is 2. The van der Waals surface area contributed by atoms with Crippen LogP contribution in [0, 0.1) is 0 Å². The monoisotopic (exact) mass is 254 g/mol. The number of oxime groups is 1. The fourth-order valence-electron chi connectivity index (χ4n) is 1.58. The average Bonchev–Trinajstić information content (AvgIpc) is 2.87. The zero-order valence-electron chi connectivity index (χ0n) is 9.59. The number of amidine groups is 1. The van der Waals surface area contributed by atoms with Gasteiger partial charge in [0.15, 0.2) is 5.84 Å². The van der Waals surface area contributed by atoms with Gasteiger partial charge in [0.25, 0.3) is 0 Å². The molecule has 0 atom stereocenters. The summed E-state index contributed by atoms with van der Waals surface area (Å²) in [6.45, 7) is 2.09. The highest BCUT2D eigenvalue weighted by Crippen LogP contribution is 2.11. The van der Waals surface area contributed by atoms with Crippen LogP contribution in [0.3, 0.4) is 0 Å². The number of carbonyl (C=O) groups excluding carboxylic acids is 1. The number of morpholine rings is 1. The maximum atomic E-state index is 11.9. The second kappa shape index (κ2) is 5.36. The zero-order chi connectivity index (χ0) is 13.0. The first kappa shape index (κ1) is 12.2. The van der Waals surface area contributed by atoms with Gasteiger partial charge in [-0.05, 0) is 0 Å². The van der Waals surface area contributed by atoms with Crippen molar-refractivity contribution in [2.45, 2.75) is 0 Å². The van der Waals surface area contributed by atoms with Crippen molar-refractivity contribution in [1.82, 2.24) is 15.1 Å². The van der Waals surface area contributed by atoms with Crippen LogP contribution in [0.5, 0.6) is 0 Å². The third kappa shape index (κ3) is 2.51. The minimum absolute atomic E-state index is 0.124. The van der Waals surface area contributed by atoms with E-state index in [-0.39, 0.29) is 11.9 Å².